The van der Waals surface area contributed by atoms with Gasteiger partial charge in [-0.2, -0.15) is 0 Å². The molecular formula is C18H28N4. The van der Waals surface area contributed by atoms with Crippen LogP contribution < -0.4 is 0 Å². The number of hydrogen-bond acceptors (Lipinski definition) is 3. The Balaban J connectivity index is 1.84. The maximum Gasteiger partial charge on any atom is 0.133 e. The van der Waals surface area contributed by atoms with E-state index in [0.29, 0.717) is 0 Å². The van der Waals surface area contributed by atoms with Crippen molar-refractivity contribution in [1.82, 2.24) is 19.2 Å². The van der Waals surface area contributed by atoms with Crippen LogP contribution in [-0.4, -0.2) is 51.9 Å². The molecule has 3 rings (SSSR count). The highest BCUT2D eigenvalue weighted by Gasteiger charge is 2.34. The Bertz CT molecular complexity index is 636. The van der Waals surface area contributed by atoms with Gasteiger partial charge in [-0.3, -0.25) is 4.90 Å². The van der Waals surface area contributed by atoms with Gasteiger partial charge in [0.1, 0.15) is 5.82 Å². The largest absolute Gasteiger partial charge is 0.302 e. The molecule has 3 heterocycles. The molecule has 0 aliphatic carbocycles. The highest BCUT2D eigenvalue weighted by Crippen LogP contribution is 2.29. The summed E-state index contributed by atoms with van der Waals surface area (Å²) in [7, 11) is 0. The van der Waals surface area contributed by atoms with E-state index in [4.69, 9.17) is 4.98 Å². The molecule has 0 unspecified atom stereocenters. The van der Waals surface area contributed by atoms with Crippen LogP contribution in [0.15, 0.2) is 24.5 Å². The quantitative estimate of drug-likeness (QED) is 0.867. The number of hydrogen-bond donors (Lipinski definition) is 0. The van der Waals surface area contributed by atoms with Crippen molar-refractivity contribution in [3.05, 3.63) is 35.9 Å². The summed E-state index contributed by atoms with van der Waals surface area (Å²) in [6.07, 6.45) is 5.40. The maximum atomic E-state index is 4.77. The minimum Gasteiger partial charge on any atom is -0.302 e. The van der Waals surface area contributed by atoms with Crippen LogP contribution in [0.4, 0.5) is 0 Å². The maximum absolute atomic E-state index is 4.77. The molecule has 0 N–H and O–H groups in total. The van der Waals surface area contributed by atoms with E-state index in [1.807, 2.05) is 6.20 Å². The van der Waals surface area contributed by atoms with E-state index in [1.165, 1.54) is 37.1 Å². The van der Waals surface area contributed by atoms with Crippen LogP contribution in [-0.2, 0) is 5.54 Å². The average molecular weight is 300 g/mol. The van der Waals surface area contributed by atoms with Crippen molar-refractivity contribution in [3.8, 4) is 0 Å². The molecule has 120 valence electrons. The van der Waals surface area contributed by atoms with E-state index >= 15 is 0 Å². The predicted octanol–water partition coefficient (Wildman–Crippen LogP) is 2.91. The minimum atomic E-state index is -0.0431. The summed E-state index contributed by atoms with van der Waals surface area (Å²) in [6.45, 7) is 14.8. The number of pyridine rings is 1. The van der Waals surface area contributed by atoms with Gasteiger partial charge in [0.15, 0.2) is 0 Å². The van der Waals surface area contributed by atoms with E-state index < -0.39 is 0 Å². The lowest BCUT2D eigenvalue weighted by molar-refractivity contribution is 0.0453. The van der Waals surface area contributed by atoms with Crippen LogP contribution >= 0.6 is 0 Å². The van der Waals surface area contributed by atoms with Crippen molar-refractivity contribution in [1.29, 1.82) is 0 Å². The first-order valence-corrected chi connectivity index (χ1v) is 8.44. The zero-order valence-corrected chi connectivity index (χ0v) is 14.3. The Morgan fingerprint density at radius 2 is 1.91 bits per heavy atom. The molecule has 1 aliphatic heterocycles. The molecule has 0 bridgehead atoms. The van der Waals surface area contributed by atoms with Gasteiger partial charge in [-0.15, -0.1) is 0 Å². The standard InChI is InChI=1S/C18H28N4/c1-5-8-20-10-12-21(13-11-20)18(3,4)17-19-14-16-15(2)7-6-9-22(16)17/h6-7,9,14H,5,8,10-13H2,1-4H3. The third-order valence-electron chi connectivity index (χ3n) is 5.03. The third kappa shape index (κ3) is 2.66. The van der Waals surface area contributed by atoms with Crippen molar-refractivity contribution in [2.24, 2.45) is 0 Å². The first-order valence-electron chi connectivity index (χ1n) is 8.44. The van der Waals surface area contributed by atoms with Crippen molar-refractivity contribution in [2.45, 2.75) is 39.7 Å². The second kappa shape index (κ2) is 6.01. The van der Waals surface area contributed by atoms with Gasteiger partial charge >= 0.3 is 0 Å². The summed E-state index contributed by atoms with van der Waals surface area (Å²) in [5.41, 5.74) is 2.46. The molecule has 0 amide bonds. The Morgan fingerprint density at radius 1 is 1.18 bits per heavy atom. The van der Waals surface area contributed by atoms with E-state index in [9.17, 15) is 0 Å². The van der Waals surface area contributed by atoms with E-state index in [0.717, 1.165) is 18.9 Å². The van der Waals surface area contributed by atoms with Crippen LogP contribution in [0.1, 0.15) is 38.6 Å². The number of nitrogens with zero attached hydrogens (tertiary/aromatic N) is 4. The molecule has 1 saturated heterocycles. The molecule has 4 heteroatoms. The van der Waals surface area contributed by atoms with E-state index in [1.54, 1.807) is 0 Å². The summed E-state index contributed by atoms with van der Waals surface area (Å²) < 4.78 is 2.26. The third-order valence-corrected chi connectivity index (χ3v) is 5.03. The van der Waals surface area contributed by atoms with Gasteiger partial charge in [0.2, 0.25) is 0 Å². The first-order chi connectivity index (χ1) is 10.5. The number of fused-ring (bicyclic) bond motifs is 1. The van der Waals surface area contributed by atoms with Gasteiger partial charge in [0, 0.05) is 32.4 Å². The van der Waals surface area contributed by atoms with Crippen molar-refractivity contribution < 1.29 is 0 Å². The topological polar surface area (TPSA) is 23.8 Å². The van der Waals surface area contributed by atoms with Crippen LogP contribution in [0.2, 0.25) is 0 Å². The monoisotopic (exact) mass is 300 g/mol. The molecule has 2 aromatic rings. The summed E-state index contributed by atoms with van der Waals surface area (Å²) >= 11 is 0. The molecular weight excluding hydrogens is 272 g/mol. The van der Waals surface area contributed by atoms with Gasteiger partial charge in [-0.25, -0.2) is 4.98 Å². The lowest BCUT2D eigenvalue weighted by Crippen LogP contribution is -2.53. The fraction of sp³-hybridized carbons (Fsp3) is 0.611. The highest BCUT2D eigenvalue weighted by molar-refractivity contribution is 5.53. The number of imidazole rings is 1. The fourth-order valence-electron chi connectivity index (χ4n) is 3.60. The lowest BCUT2D eigenvalue weighted by Gasteiger charge is -2.43. The Morgan fingerprint density at radius 3 is 2.59 bits per heavy atom. The van der Waals surface area contributed by atoms with Gasteiger partial charge < -0.3 is 9.30 Å². The Hall–Kier alpha value is -1.39. The molecule has 22 heavy (non-hydrogen) atoms. The highest BCUT2D eigenvalue weighted by atomic mass is 15.3. The second-order valence-corrected chi connectivity index (χ2v) is 6.92. The number of aromatic nitrogens is 2. The SMILES string of the molecule is CCCN1CCN(C(C)(C)c2ncc3c(C)cccn23)CC1. The van der Waals surface area contributed by atoms with Gasteiger partial charge in [-0.05, 0) is 45.4 Å². The summed E-state index contributed by atoms with van der Waals surface area (Å²) in [5.74, 6) is 1.15. The number of piperazine rings is 1. The Labute approximate surface area is 133 Å². The van der Waals surface area contributed by atoms with Gasteiger partial charge in [0.05, 0.1) is 17.3 Å². The summed E-state index contributed by atoms with van der Waals surface area (Å²) in [6, 6.07) is 4.26. The molecule has 0 radical (unpaired) electrons. The van der Waals surface area contributed by atoms with Gasteiger partial charge in [-0.1, -0.05) is 13.0 Å². The number of aryl methyl sites for hydroxylation is 1. The molecule has 4 nitrogen and oxygen atoms in total. The van der Waals surface area contributed by atoms with Crippen LogP contribution in [0.25, 0.3) is 5.52 Å². The molecule has 1 aliphatic rings. The van der Waals surface area contributed by atoms with Crippen molar-refractivity contribution in [3.63, 3.8) is 0 Å². The van der Waals surface area contributed by atoms with Crippen LogP contribution in [0.5, 0.6) is 0 Å². The van der Waals surface area contributed by atoms with Crippen molar-refractivity contribution >= 4 is 5.52 Å². The van der Waals surface area contributed by atoms with E-state index in [2.05, 4.69) is 60.2 Å². The Kier molecular flexibility index (Phi) is 4.24. The van der Waals surface area contributed by atoms with Gasteiger partial charge in [0.25, 0.3) is 0 Å². The number of rotatable bonds is 4. The molecule has 1 fully saturated rings. The normalized spacial score (nSPS) is 18.2. The fourth-order valence-corrected chi connectivity index (χ4v) is 3.60. The lowest BCUT2D eigenvalue weighted by atomic mass is 10.00. The van der Waals surface area contributed by atoms with Crippen molar-refractivity contribution in [2.75, 3.05) is 32.7 Å². The van der Waals surface area contributed by atoms with Crippen LogP contribution in [0.3, 0.4) is 0 Å². The zero-order chi connectivity index (χ0) is 15.7. The smallest absolute Gasteiger partial charge is 0.133 e. The summed E-state index contributed by atoms with van der Waals surface area (Å²) in [4.78, 5) is 9.92. The second-order valence-electron chi connectivity index (χ2n) is 6.92. The molecule has 0 saturated carbocycles. The average Bonchev–Trinajstić information content (AvgIpc) is 2.94. The van der Waals surface area contributed by atoms with Crippen LogP contribution in [0, 0.1) is 6.92 Å². The molecule has 0 aromatic carbocycles. The minimum absolute atomic E-state index is 0.0431. The zero-order valence-electron chi connectivity index (χ0n) is 14.3. The molecule has 2 aromatic heterocycles. The molecule has 0 atom stereocenters. The molecule has 0 spiro atoms. The first kappa shape index (κ1) is 15.5. The predicted molar refractivity (Wildman–Crippen MR) is 91.3 cm³/mol. The van der Waals surface area contributed by atoms with E-state index in [-0.39, 0.29) is 5.54 Å². The summed E-state index contributed by atoms with van der Waals surface area (Å²) in [5, 5.41) is 0.